The summed E-state index contributed by atoms with van der Waals surface area (Å²) in [7, 11) is -3.33. The van der Waals surface area contributed by atoms with Gasteiger partial charge in [-0.15, -0.1) is 11.3 Å². The summed E-state index contributed by atoms with van der Waals surface area (Å²) < 4.78 is 28.2. The summed E-state index contributed by atoms with van der Waals surface area (Å²) in [6.07, 6.45) is 5.13. The Morgan fingerprint density at radius 2 is 1.94 bits per heavy atom. The molecule has 1 heterocycles. The predicted molar refractivity (Wildman–Crippen MR) is 76.1 cm³/mol. The van der Waals surface area contributed by atoms with Crippen molar-refractivity contribution in [3.8, 4) is 0 Å². The normalized spacial score (nSPS) is 20.6. The van der Waals surface area contributed by atoms with Gasteiger partial charge in [0.2, 0.25) is 0 Å². The van der Waals surface area contributed by atoms with Crippen LogP contribution in [0.5, 0.6) is 0 Å². The monoisotopic (exact) mass is 349 g/mol. The van der Waals surface area contributed by atoms with E-state index < -0.39 is 10.0 Å². The van der Waals surface area contributed by atoms with E-state index in [1.807, 2.05) is 0 Å². The van der Waals surface area contributed by atoms with E-state index in [0.29, 0.717) is 21.1 Å². The van der Waals surface area contributed by atoms with Crippen molar-refractivity contribution in [2.24, 2.45) is 17.8 Å². The van der Waals surface area contributed by atoms with E-state index in [2.05, 4.69) is 20.7 Å². The minimum absolute atomic E-state index is 0.396. The fourth-order valence-corrected chi connectivity index (χ4v) is 5.96. The molecule has 6 heteroatoms. The van der Waals surface area contributed by atoms with Crippen molar-refractivity contribution >= 4 is 37.3 Å². The number of halogens is 1. The van der Waals surface area contributed by atoms with Crippen LogP contribution in [0.2, 0.25) is 0 Å². The molecular weight excluding hydrogens is 334 g/mol. The number of sulfonamides is 1. The Labute approximate surface area is 120 Å². The van der Waals surface area contributed by atoms with Crippen LogP contribution in [0.25, 0.3) is 0 Å². The van der Waals surface area contributed by atoms with Crippen molar-refractivity contribution in [1.29, 1.82) is 0 Å². The van der Waals surface area contributed by atoms with Crippen molar-refractivity contribution in [3.05, 3.63) is 15.9 Å². The molecule has 2 aliphatic rings. The molecule has 2 fully saturated rings. The molecule has 0 atom stereocenters. The summed E-state index contributed by atoms with van der Waals surface area (Å²) in [5.41, 5.74) is 0. The molecule has 0 aliphatic heterocycles. The van der Waals surface area contributed by atoms with Gasteiger partial charge in [-0.2, -0.15) is 0 Å². The smallest absolute Gasteiger partial charge is 0.210 e. The first-order chi connectivity index (χ1) is 8.58. The van der Waals surface area contributed by atoms with Gasteiger partial charge in [0, 0.05) is 11.0 Å². The molecule has 0 spiro atoms. The molecule has 0 bridgehead atoms. The van der Waals surface area contributed by atoms with Gasteiger partial charge < -0.3 is 0 Å². The Kier molecular flexibility index (Phi) is 3.55. The summed E-state index contributed by atoms with van der Waals surface area (Å²) in [5.74, 6) is 2.11. The van der Waals surface area contributed by atoms with Crippen molar-refractivity contribution in [1.82, 2.24) is 4.72 Å². The topological polar surface area (TPSA) is 46.2 Å². The summed E-state index contributed by atoms with van der Waals surface area (Å²) in [6.45, 7) is 0.613. The Morgan fingerprint density at radius 1 is 1.33 bits per heavy atom. The molecule has 2 aliphatic carbocycles. The Balaban J connectivity index is 1.66. The van der Waals surface area contributed by atoms with Crippen LogP contribution in [-0.4, -0.2) is 15.0 Å². The molecule has 1 N–H and O–H groups in total. The fourth-order valence-electron chi connectivity index (χ4n) is 2.51. The van der Waals surface area contributed by atoms with Crippen LogP contribution in [-0.2, 0) is 10.0 Å². The molecule has 100 valence electrons. The minimum atomic E-state index is -3.33. The van der Waals surface area contributed by atoms with Crippen molar-refractivity contribution < 1.29 is 8.42 Å². The second-order valence-corrected chi connectivity index (χ2v) is 8.98. The summed E-state index contributed by atoms with van der Waals surface area (Å²) in [5, 5.41) is 1.79. The fraction of sp³-hybridized carbons (Fsp3) is 0.667. The number of hydrogen-bond donors (Lipinski definition) is 1. The quantitative estimate of drug-likeness (QED) is 0.856. The molecular formula is C12H16BrNO2S2. The van der Waals surface area contributed by atoms with Gasteiger partial charge >= 0.3 is 0 Å². The molecule has 1 aromatic rings. The Hall–Kier alpha value is 0.0900. The molecule has 0 aromatic carbocycles. The molecule has 18 heavy (non-hydrogen) atoms. The lowest BCUT2D eigenvalue weighted by atomic mass is 9.99. The van der Waals surface area contributed by atoms with Gasteiger partial charge in [0.05, 0.1) is 0 Å². The van der Waals surface area contributed by atoms with Gasteiger partial charge in [-0.25, -0.2) is 13.1 Å². The van der Waals surface area contributed by atoms with E-state index in [4.69, 9.17) is 0 Å². The predicted octanol–water partition coefficient (Wildman–Crippen LogP) is 3.23. The van der Waals surface area contributed by atoms with E-state index in [-0.39, 0.29) is 0 Å². The van der Waals surface area contributed by atoms with Crippen molar-refractivity contribution in [3.63, 3.8) is 0 Å². The van der Waals surface area contributed by atoms with Crippen LogP contribution in [0.3, 0.4) is 0 Å². The van der Waals surface area contributed by atoms with Crippen LogP contribution in [0.4, 0.5) is 0 Å². The Bertz CT molecular complexity index is 520. The van der Waals surface area contributed by atoms with E-state index >= 15 is 0 Å². The highest BCUT2D eigenvalue weighted by molar-refractivity contribution is 9.10. The van der Waals surface area contributed by atoms with E-state index in [9.17, 15) is 8.42 Å². The lowest BCUT2D eigenvalue weighted by Crippen LogP contribution is -2.31. The van der Waals surface area contributed by atoms with Crippen LogP contribution < -0.4 is 4.72 Å². The Morgan fingerprint density at radius 3 is 2.39 bits per heavy atom. The highest BCUT2D eigenvalue weighted by Gasteiger charge is 2.41. The van der Waals surface area contributed by atoms with E-state index in [1.54, 1.807) is 11.4 Å². The number of hydrogen-bond acceptors (Lipinski definition) is 3. The standard InChI is InChI=1S/C12H16BrNO2S2/c13-11-5-6-17-12(11)18(15,16)14-7-10(8-1-2-8)9-3-4-9/h5-6,8-10,14H,1-4,7H2. The van der Waals surface area contributed by atoms with Gasteiger partial charge in [0.15, 0.2) is 0 Å². The van der Waals surface area contributed by atoms with Gasteiger partial charge in [-0.05, 0) is 70.8 Å². The second kappa shape index (κ2) is 4.89. The largest absolute Gasteiger partial charge is 0.251 e. The third-order valence-corrected chi connectivity index (χ3v) is 7.89. The van der Waals surface area contributed by atoms with Gasteiger partial charge in [-0.3, -0.25) is 0 Å². The van der Waals surface area contributed by atoms with Gasteiger partial charge in [0.1, 0.15) is 4.21 Å². The molecule has 2 saturated carbocycles. The van der Waals surface area contributed by atoms with E-state index in [1.165, 1.54) is 37.0 Å². The average molecular weight is 350 g/mol. The minimum Gasteiger partial charge on any atom is -0.210 e. The van der Waals surface area contributed by atoms with Crippen LogP contribution >= 0.6 is 27.3 Å². The zero-order chi connectivity index (χ0) is 12.8. The molecule has 0 radical (unpaired) electrons. The van der Waals surface area contributed by atoms with Crippen LogP contribution in [0, 0.1) is 17.8 Å². The zero-order valence-electron chi connectivity index (χ0n) is 9.93. The first-order valence-electron chi connectivity index (χ1n) is 6.30. The molecule has 0 unspecified atom stereocenters. The maximum atomic E-state index is 12.2. The average Bonchev–Trinajstić information content (AvgIpc) is 3.20. The first kappa shape index (κ1) is 13.1. The molecule has 1 aromatic heterocycles. The van der Waals surface area contributed by atoms with E-state index in [0.717, 1.165) is 11.8 Å². The zero-order valence-corrected chi connectivity index (χ0v) is 13.2. The number of thiophene rings is 1. The van der Waals surface area contributed by atoms with Crippen LogP contribution in [0.15, 0.2) is 20.1 Å². The highest BCUT2D eigenvalue weighted by Crippen LogP contribution is 2.49. The highest BCUT2D eigenvalue weighted by atomic mass is 79.9. The lowest BCUT2D eigenvalue weighted by molar-refractivity contribution is 0.402. The second-order valence-electron chi connectivity index (χ2n) is 5.25. The third-order valence-electron chi connectivity index (χ3n) is 3.79. The van der Waals surface area contributed by atoms with Crippen molar-refractivity contribution in [2.75, 3.05) is 6.54 Å². The summed E-state index contributed by atoms with van der Waals surface area (Å²) in [4.78, 5) is 0. The maximum Gasteiger partial charge on any atom is 0.251 e. The number of rotatable bonds is 6. The molecule has 3 nitrogen and oxygen atoms in total. The molecule has 0 saturated heterocycles. The van der Waals surface area contributed by atoms with Gasteiger partial charge in [0.25, 0.3) is 10.0 Å². The number of nitrogens with one attached hydrogen (secondary N) is 1. The molecule has 0 amide bonds. The van der Waals surface area contributed by atoms with Gasteiger partial charge in [-0.1, -0.05) is 0 Å². The molecule has 3 rings (SSSR count). The lowest BCUT2D eigenvalue weighted by Gasteiger charge is -2.16. The first-order valence-corrected chi connectivity index (χ1v) is 9.46. The summed E-state index contributed by atoms with van der Waals surface area (Å²) in [6, 6.07) is 1.78. The SMILES string of the molecule is O=S(=O)(NCC(C1CC1)C1CC1)c1sccc1Br. The summed E-state index contributed by atoms with van der Waals surface area (Å²) >= 11 is 4.54. The van der Waals surface area contributed by atoms with Crippen molar-refractivity contribution in [2.45, 2.75) is 29.9 Å². The third kappa shape index (κ3) is 2.81. The maximum absolute atomic E-state index is 12.2. The van der Waals surface area contributed by atoms with Crippen LogP contribution in [0.1, 0.15) is 25.7 Å².